The van der Waals surface area contributed by atoms with E-state index in [1.807, 2.05) is 0 Å². The first-order chi connectivity index (χ1) is 13.4. The first kappa shape index (κ1) is 20.1. The molecule has 2 aliphatic rings. The lowest BCUT2D eigenvalue weighted by atomic mass is 10.2. The molecule has 0 spiro atoms. The van der Waals surface area contributed by atoms with Gasteiger partial charge in [0.25, 0.3) is 0 Å². The van der Waals surface area contributed by atoms with Crippen LogP contribution in [0.5, 0.6) is 0 Å². The number of nitrogens with zero attached hydrogens (tertiary/aromatic N) is 4. The van der Waals surface area contributed by atoms with Gasteiger partial charge in [-0.15, -0.1) is 10.2 Å². The van der Waals surface area contributed by atoms with E-state index in [2.05, 4.69) is 30.4 Å². The van der Waals surface area contributed by atoms with Crippen molar-refractivity contribution in [2.75, 3.05) is 40.0 Å². The SMILES string of the molecule is CN=C(NCCCOCC1CCCO1)NCCc1nnc2n1CCCCC2. The van der Waals surface area contributed by atoms with Crippen molar-refractivity contribution < 1.29 is 9.47 Å². The maximum atomic E-state index is 5.68. The number of guanidine groups is 1. The summed E-state index contributed by atoms with van der Waals surface area (Å²) < 4.78 is 13.5. The number of ether oxygens (including phenoxy) is 2. The molecule has 3 heterocycles. The Morgan fingerprint density at radius 2 is 2.15 bits per heavy atom. The summed E-state index contributed by atoms with van der Waals surface area (Å²) in [5.41, 5.74) is 0. The normalized spacial score (nSPS) is 20.3. The average Bonchev–Trinajstić information content (AvgIpc) is 3.27. The molecule has 27 heavy (non-hydrogen) atoms. The first-order valence-corrected chi connectivity index (χ1v) is 10.4. The van der Waals surface area contributed by atoms with Gasteiger partial charge >= 0.3 is 0 Å². The molecule has 152 valence electrons. The van der Waals surface area contributed by atoms with Crippen LogP contribution in [0.1, 0.15) is 50.2 Å². The highest BCUT2D eigenvalue weighted by Crippen LogP contribution is 2.14. The Morgan fingerprint density at radius 3 is 3.00 bits per heavy atom. The van der Waals surface area contributed by atoms with Crippen LogP contribution in [0.2, 0.25) is 0 Å². The van der Waals surface area contributed by atoms with Gasteiger partial charge < -0.3 is 24.7 Å². The Hall–Kier alpha value is -1.67. The maximum absolute atomic E-state index is 5.68. The second kappa shape index (κ2) is 11.2. The fourth-order valence-corrected chi connectivity index (χ4v) is 3.62. The molecule has 1 aromatic heterocycles. The van der Waals surface area contributed by atoms with Gasteiger partial charge in [0.2, 0.25) is 0 Å². The van der Waals surface area contributed by atoms with Gasteiger partial charge in [0.15, 0.2) is 5.96 Å². The number of aryl methyl sites for hydroxylation is 1. The fourth-order valence-electron chi connectivity index (χ4n) is 3.62. The van der Waals surface area contributed by atoms with E-state index >= 15 is 0 Å². The predicted molar refractivity (Wildman–Crippen MR) is 105 cm³/mol. The van der Waals surface area contributed by atoms with Crippen LogP contribution in [0.4, 0.5) is 0 Å². The van der Waals surface area contributed by atoms with Crippen LogP contribution in [0.25, 0.3) is 0 Å². The molecule has 1 aromatic rings. The molecular formula is C19H34N6O2. The van der Waals surface area contributed by atoms with Crippen LogP contribution in [0, 0.1) is 0 Å². The van der Waals surface area contributed by atoms with Crippen molar-refractivity contribution in [2.24, 2.45) is 4.99 Å². The lowest BCUT2D eigenvalue weighted by Gasteiger charge is -2.13. The van der Waals surface area contributed by atoms with Crippen molar-refractivity contribution in [2.45, 2.75) is 64.0 Å². The molecule has 0 radical (unpaired) electrons. The summed E-state index contributed by atoms with van der Waals surface area (Å²) in [4.78, 5) is 4.28. The monoisotopic (exact) mass is 378 g/mol. The molecule has 1 fully saturated rings. The van der Waals surface area contributed by atoms with E-state index in [4.69, 9.17) is 9.47 Å². The van der Waals surface area contributed by atoms with Crippen LogP contribution in [0.3, 0.4) is 0 Å². The second-order valence-corrected chi connectivity index (χ2v) is 7.23. The molecule has 1 atom stereocenters. The lowest BCUT2D eigenvalue weighted by molar-refractivity contribution is 0.0168. The van der Waals surface area contributed by atoms with Gasteiger partial charge in [-0.2, -0.15) is 0 Å². The third kappa shape index (κ3) is 6.46. The molecule has 2 N–H and O–H groups in total. The second-order valence-electron chi connectivity index (χ2n) is 7.23. The number of hydrogen-bond donors (Lipinski definition) is 2. The van der Waals surface area contributed by atoms with Crippen molar-refractivity contribution in [1.82, 2.24) is 25.4 Å². The Kier molecular flexibility index (Phi) is 8.35. The fraction of sp³-hybridized carbons (Fsp3) is 0.842. The molecule has 2 aliphatic heterocycles. The zero-order chi connectivity index (χ0) is 18.7. The molecule has 1 unspecified atom stereocenters. The van der Waals surface area contributed by atoms with Crippen molar-refractivity contribution in [3.63, 3.8) is 0 Å². The molecule has 8 nitrogen and oxygen atoms in total. The minimum absolute atomic E-state index is 0.305. The molecule has 0 aromatic carbocycles. The lowest BCUT2D eigenvalue weighted by Crippen LogP contribution is -2.39. The maximum Gasteiger partial charge on any atom is 0.190 e. The van der Waals surface area contributed by atoms with Gasteiger partial charge in [0.05, 0.1) is 12.7 Å². The summed E-state index contributed by atoms with van der Waals surface area (Å²) in [6.45, 7) is 5.04. The Balaban J connectivity index is 1.27. The Bertz CT molecular complexity index is 583. The van der Waals surface area contributed by atoms with Gasteiger partial charge in [0.1, 0.15) is 11.6 Å². The van der Waals surface area contributed by atoms with Gasteiger partial charge in [0, 0.05) is 52.7 Å². The van der Waals surface area contributed by atoms with E-state index < -0.39 is 0 Å². The summed E-state index contributed by atoms with van der Waals surface area (Å²) >= 11 is 0. The number of aliphatic imine (C=N–C) groups is 1. The standard InChI is InChI=1S/C19H34N6O2/c1-20-19(21-10-6-13-26-15-16-7-5-14-27-16)22-11-9-18-24-23-17-8-3-2-4-12-25(17)18/h16H,2-15H2,1H3,(H2,20,21,22). The van der Waals surface area contributed by atoms with E-state index in [1.54, 1.807) is 7.05 Å². The molecule has 1 saturated heterocycles. The minimum atomic E-state index is 0.305. The summed E-state index contributed by atoms with van der Waals surface area (Å²) in [5.74, 6) is 3.05. The van der Waals surface area contributed by atoms with Crippen LogP contribution >= 0.6 is 0 Å². The number of rotatable bonds is 9. The Labute approximate surface area is 162 Å². The molecule has 0 amide bonds. The van der Waals surface area contributed by atoms with Crippen LogP contribution in [0.15, 0.2) is 4.99 Å². The average molecular weight is 379 g/mol. The number of fused-ring (bicyclic) bond motifs is 1. The minimum Gasteiger partial charge on any atom is -0.379 e. The summed E-state index contributed by atoms with van der Waals surface area (Å²) in [7, 11) is 1.80. The quantitative estimate of drug-likeness (QED) is 0.383. The zero-order valence-corrected chi connectivity index (χ0v) is 16.6. The molecule has 0 bridgehead atoms. The van der Waals surface area contributed by atoms with Crippen molar-refractivity contribution in [3.8, 4) is 0 Å². The molecular weight excluding hydrogens is 344 g/mol. The van der Waals surface area contributed by atoms with Gasteiger partial charge in [-0.1, -0.05) is 6.42 Å². The van der Waals surface area contributed by atoms with E-state index in [0.717, 1.165) is 89.2 Å². The van der Waals surface area contributed by atoms with E-state index in [1.165, 1.54) is 19.3 Å². The Morgan fingerprint density at radius 1 is 1.22 bits per heavy atom. The molecule has 0 saturated carbocycles. The van der Waals surface area contributed by atoms with Gasteiger partial charge in [-0.3, -0.25) is 4.99 Å². The topological polar surface area (TPSA) is 85.6 Å². The van der Waals surface area contributed by atoms with Crippen LogP contribution in [-0.4, -0.2) is 66.8 Å². The largest absolute Gasteiger partial charge is 0.379 e. The van der Waals surface area contributed by atoms with Crippen molar-refractivity contribution in [1.29, 1.82) is 0 Å². The zero-order valence-electron chi connectivity index (χ0n) is 16.6. The van der Waals surface area contributed by atoms with E-state index in [9.17, 15) is 0 Å². The number of aromatic nitrogens is 3. The number of hydrogen-bond acceptors (Lipinski definition) is 5. The highest BCUT2D eigenvalue weighted by molar-refractivity contribution is 5.79. The summed E-state index contributed by atoms with van der Waals surface area (Å²) in [6.07, 6.45) is 9.20. The third-order valence-corrected chi connectivity index (χ3v) is 5.14. The van der Waals surface area contributed by atoms with Crippen LogP contribution < -0.4 is 10.6 Å². The molecule has 3 rings (SSSR count). The smallest absolute Gasteiger partial charge is 0.190 e. The predicted octanol–water partition coefficient (Wildman–Crippen LogP) is 1.30. The number of nitrogens with one attached hydrogen (secondary N) is 2. The van der Waals surface area contributed by atoms with E-state index in [-0.39, 0.29) is 0 Å². The third-order valence-electron chi connectivity index (χ3n) is 5.14. The van der Waals surface area contributed by atoms with Crippen molar-refractivity contribution >= 4 is 5.96 Å². The molecule has 8 heteroatoms. The van der Waals surface area contributed by atoms with Gasteiger partial charge in [-0.25, -0.2) is 0 Å². The van der Waals surface area contributed by atoms with E-state index in [0.29, 0.717) is 6.10 Å². The molecule has 0 aliphatic carbocycles. The highest BCUT2D eigenvalue weighted by atomic mass is 16.5. The van der Waals surface area contributed by atoms with Crippen LogP contribution in [-0.2, 0) is 28.9 Å². The highest BCUT2D eigenvalue weighted by Gasteiger charge is 2.15. The van der Waals surface area contributed by atoms with Gasteiger partial charge in [-0.05, 0) is 32.1 Å². The summed E-state index contributed by atoms with van der Waals surface area (Å²) in [5, 5.41) is 15.4. The van der Waals surface area contributed by atoms with Crippen molar-refractivity contribution in [3.05, 3.63) is 11.6 Å². The first-order valence-electron chi connectivity index (χ1n) is 10.4. The summed E-state index contributed by atoms with van der Waals surface area (Å²) in [6, 6.07) is 0.